The molecule has 4 nitrogen and oxygen atoms in total. The second kappa shape index (κ2) is 4.55. The van der Waals surface area contributed by atoms with Gasteiger partial charge in [0.15, 0.2) is 0 Å². The van der Waals surface area contributed by atoms with Crippen molar-refractivity contribution in [1.29, 1.82) is 0 Å². The van der Waals surface area contributed by atoms with Crippen LogP contribution in [-0.4, -0.2) is 33.6 Å². The largest absolute Gasteiger partial charge is 0.394 e. The standard InChI is InChI=1S/C12H21N3O/c1-10(2)15-7-4-11(14-15)8-12(9-16)5-3-6-13-12/h4,7,10,13,16H,3,5-6,8-9H2,1-2H3. The molecule has 0 spiro atoms. The van der Waals surface area contributed by atoms with Crippen molar-refractivity contribution in [2.24, 2.45) is 0 Å². The predicted octanol–water partition coefficient (Wildman–Crippen LogP) is 1.12. The lowest BCUT2D eigenvalue weighted by atomic mass is 9.93. The number of aliphatic hydroxyl groups excluding tert-OH is 1. The van der Waals surface area contributed by atoms with E-state index in [0.717, 1.165) is 31.5 Å². The SMILES string of the molecule is CC(C)n1ccc(CC2(CO)CCCN2)n1. The van der Waals surface area contributed by atoms with Crippen molar-refractivity contribution < 1.29 is 5.11 Å². The highest BCUT2D eigenvalue weighted by molar-refractivity contribution is 5.08. The zero-order chi connectivity index (χ0) is 11.6. The van der Waals surface area contributed by atoms with Crippen LogP contribution in [0.25, 0.3) is 0 Å². The molecule has 2 heterocycles. The molecular weight excluding hydrogens is 202 g/mol. The Labute approximate surface area is 96.7 Å². The highest BCUT2D eigenvalue weighted by Crippen LogP contribution is 2.23. The van der Waals surface area contributed by atoms with Crippen LogP contribution in [0.4, 0.5) is 0 Å². The Balaban J connectivity index is 2.07. The summed E-state index contributed by atoms with van der Waals surface area (Å²) in [5.41, 5.74) is 0.938. The van der Waals surface area contributed by atoms with Crippen molar-refractivity contribution in [1.82, 2.24) is 15.1 Å². The summed E-state index contributed by atoms with van der Waals surface area (Å²) >= 11 is 0. The lowest BCUT2D eigenvalue weighted by molar-refractivity contribution is 0.176. The topological polar surface area (TPSA) is 50.1 Å². The van der Waals surface area contributed by atoms with E-state index in [2.05, 4.69) is 30.3 Å². The molecule has 1 aliphatic rings. The van der Waals surface area contributed by atoms with Crippen LogP contribution in [0.3, 0.4) is 0 Å². The molecule has 2 rings (SSSR count). The van der Waals surface area contributed by atoms with E-state index in [4.69, 9.17) is 0 Å². The Morgan fingerprint density at radius 3 is 2.94 bits per heavy atom. The van der Waals surface area contributed by atoms with Gasteiger partial charge in [-0.05, 0) is 39.3 Å². The molecule has 1 fully saturated rings. The maximum absolute atomic E-state index is 9.50. The summed E-state index contributed by atoms with van der Waals surface area (Å²) in [5, 5.41) is 17.4. The van der Waals surface area contributed by atoms with Crippen molar-refractivity contribution >= 4 is 0 Å². The van der Waals surface area contributed by atoms with Crippen LogP contribution in [0.2, 0.25) is 0 Å². The van der Waals surface area contributed by atoms with E-state index in [-0.39, 0.29) is 12.1 Å². The van der Waals surface area contributed by atoms with Gasteiger partial charge in [-0.3, -0.25) is 4.68 Å². The minimum atomic E-state index is -0.129. The van der Waals surface area contributed by atoms with E-state index < -0.39 is 0 Å². The zero-order valence-corrected chi connectivity index (χ0v) is 10.1. The summed E-state index contributed by atoms with van der Waals surface area (Å²) in [6.45, 7) is 5.44. The van der Waals surface area contributed by atoms with Crippen LogP contribution in [0.1, 0.15) is 38.4 Å². The van der Waals surface area contributed by atoms with Crippen LogP contribution in [0.15, 0.2) is 12.3 Å². The van der Waals surface area contributed by atoms with Gasteiger partial charge in [0.2, 0.25) is 0 Å². The Kier molecular flexibility index (Phi) is 3.30. The number of aromatic nitrogens is 2. The predicted molar refractivity (Wildman–Crippen MR) is 63.4 cm³/mol. The van der Waals surface area contributed by atoms with Crippen LogP contribution in [0, 0.1) is 0 Å². The Bertz CT molecular complexity index is 340. The fourth-order valence-corrected chi connectivity index (χ4v) is 2.32. The Morgan fingerprint density at radius 1 is 1.62 bits per heavy atom. The minimum absolute atomic E-state index is 0.129. The Hall–Kier alpha value is -0.870. The van der Waals surface area contributed by atoms with Crippen molar-refractivity contribution in [3.63, 3.8) is 0 Å². The van der Waals surface area contributed by atoms with E-state index in [1.54, 1.807) is 0 Å². The molecule has 1 aromatic heterocycles. The third-order valence-electron chi connectivity index (χ3n) is 3.35. The molecule has 1 unspecified atom stereocenters. The van der Waals surface area contributed by atoms with Gasteiger partial charge < -0.3 is 10.4 Å². The number of hydrogen-bond acceptors (Lipinski definition) is 3. The fourth-order valence-electron chi connectivity index (χ4n) is 2.32. The van der Waals surface area contributed by atoms with Gasteiger partial charge in [-0.2, -0.15) is 5.10 Å². The number of nitrogens with zero attached hydrogens (tertiary/aromatic N) is 2. The lowest BCUT2D eigenvalue weighted by Crippen LogP contribution is -2.45. The summed E-state index contributed by atoms with van der Waals surface area (Å²) in [7, 11) is 0. The van der Waals surface area contributed by atoms with Gasteiger partial charge in [0.25, 0.3) is 0 Å². The van der Waals surface area contributed by atoms with Crippen molar-refractivity contribution in [2.45, 2.75) is 44.7 Å². The highest BCUT2D eigenvalue weighted by atomic mass is 16.3. The molecule has 1 aromatic rings. The van der Waals surface area contributed by atoms with Crippen molar-refractivity contribution in [3.8, 4) is 0 Å². The quantitative estimate of drug-likeness (QED) is 0.804. The van der Waals surface area contributed by atoms with E-state index in [1.165, 1.54) is 0 Å². The van der Waals surface area contributed by atoms with Crippen LogP contribution in [-0.2, 0) is 6.42 Å². The molecule has 1 atom stereocenters. The first-order valence-corrected chi connectivity index (χ1v) is 6.05. The smallest absolute Gasteiger partial charge is 0.0644 e. The van der Waals surface area contributed by atoms with Crippen molar-refractivity contribution in [2.75, 3.05) is 13.2 Å². The van der Waals surface area contributed by atoms with Crippen LogP contribution >= 0.6 is 0 Å². The average molecular weight is 223 g/mol. The number of nitrogens with one attached hydrogen (secondary N) is 1. The molecule has 0 aliphatic carbocycles. The first-order valence-electron chi connectivity index (χ1n) is 6.05. The van der Waals surface area contributed by atoms with Gasteiger partial charge in [-0.15, -0.1) is 0 Å². The minimum Gasteiger partial charge on any atom is -0.394 e. The summed E-state index contributed by atoms with van der Waals surface area (Å²) in [6.07, 6.45) is 5.02. The van der Waals surface area contributed by atoms with Gasteiger partial charge in [-0.1, -0.05) is 0 Å². The first-order chi connectivity index (χ1) is 7.65. The molecule has 2 N–H and O–H groups in total. The Morgan fingerprint density at radius 2 is 2.44 bits per heavy atom. The van der Waals surface area contributed by atoms with Gasteiger partial charge in [0.1, 0.15) is 0 Å². The van der Waals surface area contributed by atoms with Gasteiger partial charge in [0.05, 0.1) is 12.3 Å². The second-order valence-electron chi connectivity index (χ2n) is 5.03. The lowest BCUT2D eigenvalue weighted by Gasteiger charge is -2.26. The summed E-state index contributed by atoms with van der Waals surface area (Å²) in [5.74, 6) is 0. The summed E-state index contributed by atoms with van der Waals surface area (Å²) < 4.78 is 1.97. The monoisotopic (exact) mass is 223 g/mol. The molecule has 16 heavy (non-hydrogen) atoms. The zero-order valence-electron chi connectivity index (χ0n) is 10.1. The summed E-state index contributed by atoms with van der Waals surface area (Å²) in [4.78, 5) is 0. The van der Waals surface area contributed by atoms with Crippen LogP contribution < -0.4 is 5.32 Å². The van der Waals surface area contributed by atoms with E-state index in [9.17, 15) is 5.11 Å². The number of hydrogen-bond donors (Lipinski definition) is 2. The van der Waals surface area contributed by atoms with Gasteiger partial charge in [-0.25, -0.2) is 0 Å². The molecule has 0 amide bonds. The number of aliphatic hydroxyl groups is 1. The normalized spacial score (nSPS) is 25.5. The molecule has 1 saturated heterocycles. The maximum atomic E-state index is 9.50. The van der Waals surface area contributed by atoms with E-state index >= 15 is 0 Å². The van der Waals surface area contributed by atoms with Crippen molar-refractivity contribution in [3.05, 3.63) is 18.0 Å². The number of rotatable bonds is 4. The third kappa shape index (κ3) is 2.28. The average Bonchev–Trinajstić information content (AvgIpc) is 2.88. The molecule has 4 heteroatoms. The molecule has 0 radical (unpaired) electrons. The molecule has 90 valence electrons. The van der Waals surface area contributed by atoms with Gasteiger partial charge >= 0.3 is 0 Å². The van der Waals surface area contributed by atoms with E-state index in [1.807, 2.05) is 10.9 Å². The maximum Gasteiger partial charge on any atom is 0.0644 e. The second-order valence-corrected chi connectivity index (χ2v) is 5.03. The highest BCUT2D eigenvalue weighted by Gasteiger charge is 2.33. The molecule has 0 aromatic carbocycles. The van der Waals surface area contributed by atoms with Crippen LogP contribution in [0.5, 0.6) is 0 Å². The molecule has 0 saturated carbocycles. The summed E-state index contributed by atoms with van der Waals surface area (Å²) in [6, 6.07) is 2.45. The van der Waals surface area contributed by atoms with E-state index in [0.29, 0.717) is 6.04 Å². The molecule has 1 aliphatic heterocycles. The third-order valence-corrected chi connectivity index (χ3v) is 3.35. The molecular formula is C12H21N3O. The van der Waals surface area contributed by atoms with Gasteiger partial charge in [0, 0.05) is 24.2 Å². The molecule has 0 bridgehead atoms. The fraction of sp³-hybridized carbons (Fsp3) is 0.750. The first kappa shape index (κ1) is 11.6.